The van der Waals surface area contributed by atoms with Crippen LogP contribution in [0.2, 0.25) is 0 Å². The number of benzene rings is 1. The highest BCUT2D eigenvalue weighted by Gasteiger charge is 2.31. The van der Waals surface area contributed by atoms with Crippen LogP contribution in [0.4, 0.5) is 4.39 Å². The zero-order valence-electron chi connectivity index (χ0n) is 13.7. The van der Waals surface area contributed by atoms with Gasteiger partial charge in [-0.25, -0.2) is 12.8 Å². The van der Waals surface area contributed by atoms with Gasteiger partial charge in [0.2, 0.25) is 0 Å². The van der Waals surface area contributed by atoms with Crippen LogP contribution in [0.1, 0.15) is 12.5 Å². The number of halogens is 1. The molecular weight excluding hydrogens is 345 g/mol. The Labute approximate surface area is 146 Å². The van der Waals surface area contributed by atoms with Crippen molar-refractivity contribution in [3.05, 3.63) is 59.6 Å². The van der Waals surface area contributed by atoms with Crippen molar-refractivity contribution >= 4 is 21.8 Å². The predicted molar refractivity (Wildman–Crippen MR) is 92.6 cm³/mol. The van der Waals surface area contributed by atoms with Gasteiger partial charge in [-0.1, -0.05) is 12.1 Å². The molecule has 1 amide bonds. The average molecular weight is 363 g/mol. The number of amidine groups is 1. The number of carbonyl (C=O) groups excluding carboxylic acids is 1. The van der Waals surface area contributed by atoms with Gasteiger partial charge in [0, 0.05) is 25.8 Å². The van der Waals surface area contributed by atoms with Gasteiger partial charge in [-0.2, -0.15) is 0 Å². The quantitative estimate of drug-likeness (QED) is 0.816. The fourth-order valence-electron chi connectivity index (χ4n) is 2.74. The lowest BCUT2D eigenvalue weighted by atomic mass is 10.1. The molecule has 0 aliphatic carbocycles. The molecule has 1 aromatic carbocycles. The molecule has 25 heavy (non-hydrogen) atoms. The summed E-state index contributed by atoms with van der Waals surface area (Å²) in [4.78, 5) is 16.1. The first-order valence-electron chi connectivity index (χ1n) is 7.91. The van der Waals surface area contributed by atoms with Crippen LogP contribution in [0.3, 0.4) is 0 Å². The van der Waals surface area contributed by atoms with Crippen molar-refractivity contribution in [2.45, 2.75) is 13.5 Å². The van der Waals surface area contributed by atoms with E-state index in [1.165, 1.54) is 17.0 Å². The second-order valence-corrected chi connectivity index (χ2v) is 7.52. The number of rotatable bonds is 4. The highest BCUT2D eigenvalue weighted by molar-refractivity contribution is 7.90. The smallest absolute Gasteiger partial charge is 0.257 e. The van der Waals surface area contributed by atoms with Crippen LogP contribution in [-0.4, -0.2) is 48.8 Å². The molecule has 2 heterocycles. The Balaban J connectivity index is 1.88. The van der Waals surface area contributed by atoms with Gasteiger partial charge in [0.1, 0.15) is 5.82 Å². The third-order valence-corrected chi connectivity index (χ3v) is 5.17. The fourth-order valence-corrected chi connectivity index (χ4v) is 3.72. The van der Waals surface area contributed by atoms with E-state index in [1.54, 1.807) is 35.4 Å². The lowest BCUT2D eigenvalue weighted by Crippen LogP contribution is -2.43. The number of fused-ring (bicyclic) bond motifs is 1. The maximum absolute atomic E-state index is 13.4. The van der Waals surface area contributed by atoms with Gasteiger partial charge in [0.05, 0.1) is 11.3 Å². The molecule has 3 rings (SSSR count). The molecule has 0 atom stereocenters. The summed E-state index contributed by atoms with van der Waals surface area (Å²) in [5.41, 5.74) is 0.890. The minimum absolute atomic E-state index is 0.0803. The van der Waals surface area contributed by atoms with Crippen LogP contribution in [0, 0.1) is 5.82 Å². The number of nitrogens with zero attached hydrogens (tertiary/aromatic N) is 3. The van der Waals surface area contributed by atoms with Crippen LogP contribution in [0.5, 0.6) is 0 Å². The molecule has 0 N–H and O–H groups in total. The zero-order chi connectivity index (χ0) is 18.0. The highest BCUT2D eigenvalue weighted by Crippen LogP contribution is 2.20. The maximum Gasteiger partial charge on any atom is 0.257 e. The number of hydrogen-bond donors (Lipinski definition) is 0. The Morgan fingerprint density at radius 2 is 2.20 bits per heavy atom. The second-order valence-electron chi connectivity index (χ2n) is 5.77. The lowest BCUT2D eigenvalue weighted by Gasteiger charge is -2.31. The van der Waals surface area contributed by atoms with Gasteiger partial charge < -0.3 is 9.80 Å². The number of hydrogen-bond acceptors (Lipinski definition) is 4. The van der Waals surface area contributed by atoms with E-state index in [0.717, 1.165) is 0 Å². The van der Waals surface area contributed by atoms with Crippen LogP contribution in [0.15, 0.2) is 52.6 Å². The SMILES string of the molecule is CCN(Cc1cccc(F)c1)C(=O)C1=CC=CN2CCS(=O)(=O)N=C12. The van der Waals surface area contributed by atoms with Crippen molar-refractivity contribution in [1.29, 1.82) is 0 Å². The molecule has 0 fully saturated rings. The Morgan fingerprint density at radius 1 is 1.40 bits per heavy atom. The minimum atomic E-state index is -3.57. The Hall–Kier alpha value is -2.48. The fraction of sp³-hybridized carbons (Fsp3) is 0.294. The molecule has 6 nitrogen and oxygen atoms in total. The van der Waals surface area contributed by atoms with Crippen LogP contribution in [0.25, 0.3) is 0 Å². The van der Waals surface area contributed by atoms with Crippen molar-refractivity contribution in [3.8, 4) is 0 Å². The summed E-state index contributed by atoms with van der Waals surface area (Å²) in [6.45, 7) is 2.70. The van der Waals surface area contributed by atoms with E-state index in [1.807, 2.05) is 6.92 Å². The normalized spacial score (nSPS) is 18.2. The number of allylic oxidation sites excluding steroid dienone is 2. The molecule has 2 aliphatic rings. The molecule has 0 aromatic heterocycles. The maximum atomic E-state index is 13.4. The predicted octanol–water partition coefficient (Wildman–Crippen LogP) is 1.67. The van der Waals surface area contributed by atoms with Gasteiger partial charge in [-0.3, -0.25) is 4.79 Å². The van der Waals surface area contributed by atoms with E-state index >= 15 is 0 Å². The van der Waals surface area contributed by atoms with E-state index in [0.29, 0.717) is 12.1 Å². The standard InChI is InChI=1S/C17H18FN3O3S/c1-2-20(12-13-5-3-6-14(18)11-13)17(22)15-7-4-8-21-9-10-25(23,24)19-16(15)21/h3-8,11H,2,9-10,12H2,1H3. The van der Waals surface area contributed by atoms with Crippen molar-refractivity contribution in [2.24, 2.45) is 4.40 Å². The Bertz CT molecular complexity index is 890. The summed E-state index contributed by atoms with van der Waals surface area (Å²) in [7, 11) is -3.57. The molecule has 0 spiro atoms. The molecule has 0 saturated heterocycles. The van der Waals surface area contributed by atoms with E-state index in [9.17, 15) is 17.6 Å². The van der Waals surface area contributed by atoms with Gasteiger partial charge in [-0.15, -0.1) is 4.40 Å². The van der Waals surface area contributed by atoms with Crippen molar-refractivity contribution in [3.63, 3.8) is 0 Å². The highest BCUT2D eigenvalue weighted by atomic mass is 32.2. The average Bonchev–Trinajstić information content (AvgIpc) is 2.58. The number of carbonyl (C=O) groups is 1. The molecular formula is C17H18FN3O3S. The van der Waals surface area contributed by atoms with Gasteiger partial charge >= 0.3 is 0 Å². The third-order valence-electron chi connectivity index (χ3n) is 4.02. The van der Waals surface area contributed by atoms with Crippen LogP contribution < -0.4 is 0 Å². The molecule has 2 aliphatic heterocycles. The molecule has 132 valence electrons. The first-order valence-corrected chi connectivity index (χ1v) is 9.52. The Kier molecular flexibility index (Phi) is 4.71. The number of amides is 1. The minimum Gasteiger partial charge on any atom is -0.334 e. The van der Waals surface area contributed by atoms with Crippen LogP contribution in [-0.2, 0) is 21.4 Å². The van der Waals surface area contributed by atoms with Crippen molar-refractivity contribution in [1.82, 2.24) is 9.80 Å². The van der Waals surface area contributed by atoms with Crippen molar-refractivity contribution < 1.29 is 17.6 Å². The summed E-state index contributed by atoms with van der Waals surface area (Å²) in [5.74, 6) is -0.633. The van der Waals surface area contributed by atoms with E-state index < -0.39 is 10.0 Å². The molecule has 1 aromatic rings. The van der Waals surface area contributed by atoms with Crippen LogP contribution >= 0.6 is 0 Å². The summed E-state index contributed by atoms with van der Waals surface area (Å²) in [6, 6.07) is 6.05. The first-order chi connectivity index (χ1) is 11.9. The summed E-state index contributed by atoms with van der Waals surface area (Å²) >= 11 is 0. The molecule has 0 radical (unpaired) electrons. The molecule has 0 unspecified atom stereocenters. The molecule has 0 bridgehead atoms. The largest absolute Gasteiger partial charge is 0.334 e. The molecule has 8 heteroatoms. The van der Waals surface area contributed by atoms with Crippen molar-refractivity contribution in [2.75, 3.05) is 18.8 Å². The summed E-state index contributed by atoms with van der Waals surface area (Å²) in [5, 5.41) is 0. The van der Waals surface area contributed by atoms with E-state index in [4.69, 9.17) is 0 Å². The summed E-state index contributed by atoms with van der Waals surface area (Å²) < 4.78 is 40.8. The summed E-state index contributed by atoms with van der Waals surface area (Å²) in [6.07, 6.45) is 4.96. The number of likely N-dealkylation sites (N-methyl/N-ethyl adjacent to an activating group) is 1. The van der Waals surface area contributed by atoms with Gasteiger partial charge in [0.25, 0.3) is 15.9 Å². The van der Waals surface area contributed by atoms with E-state index in [-0.39, 0.29) is 42.0 Å². The van der Waals surface area contributed by atoms with Gasteiger partial charge in [-0.05, 0) is 36.8 Å². The third kappa shape index (κ3) is 3.79. The molecule has 0 saturated carbocycles. The monoisotopic (exact) mass is 363 g/mol. The Morgan fingerprint density at radius 3 is 2.92 bits per heavy atom. The zero-order valence-corrected chi connectivity index (χ0v) is 14.5. The van der Waals surface area contributed by atoms with E-state index in [2.05, 4.69) is 4.40 Å². The number of sulfonamides is 1. The first kappa shape index (κ1) is 17.3. The second kappa shape index (κ2) is 6.79. The lowest BCUT2D eigenvalue weighted by molar-refractivity contribution is -0.127. The van der Waals surface area contributed by atoms with Gasteiger partial charge in [0.15, 0.2) is 5.84 Å². The topological polar surface area (TPSA) is 70.1 Å².